The normalized spacial score (nSPS) is 12.5. The van der Waals surface area contributed by atoms with Gasteiger partial charge in [-0.25, -0.2) is 0 Å². The van der Waals surface area contributed by atoms with Gasteiger partial charge in [0.05, 0.1) is 0 Å². The average Bonchev–Trinajstić information content (AvgIpc) is 2.22. The van der Waals surface area contributed by atoms with Crippen LogP contribution < -0.4 is 16.0 Å². The highest BCUT2D eigenvalue weighted by molar-refractivity contribution is 7.80. The lowest BCUT2D eigenvalue weighted by Crippen LogP contribution is -2.48. The molecule has 0 aromatic rings. The van der Waals surface area contributed by atoms with Crippen molar-refractivity contribution in [2.24, 2.45) is 0 Å². The fourth-order valence-electron chi connectivity index (χ4n) is 1.34. The Labute approximate surface area is 119 Å². The Balaban J connectivity index is 4.02. The van der Waals surface area contributed by atoms with E-state index in [1.165, 1.54) is 6.92 Å². The minimum atomic E-state index is -0.675. The molecular formula is C12H23N3O3S. The summed E-state index contributed by atoms with van der Waals surface area (Å²) in [7, 11) is 0. The van der Waals surface area contributed by atoms with E-state index in [1.54, 1.807) is 0 Å². The molecule has 0 saturated heterocycles. The van der Waals surface area contributed by atoms with E-state index in [2.05, 4.69) is 28.6 Å². The molecule has 0 rings (SSSR count). The smallest absolute Gasteiger partial charge is 0.243 e. The molecule has 110 valence electrons. The van der Waals surface area contributed by atoms with E-state index in [1.807, 2.05) is 20.8 Å². The highest BCUT2D eigenvalue weighted by atomic mass is 32.1. The van der Waals surface area contributed by atoms with Gasteiger partial charge in [-0.1, -0.05) is 0 Å². The Hall–Kier alpha value is -1.24. The van der Waals surface area contributed by atoms with E-state index in [-0.39, 0.29) is 42.0 Å². The van der Waals surface area contributed by atoms with Gasteiger partial charge in [-0.3, -0.25) is 14.4 Å². The van der Waals surface area contributed by atoms with Crippen LogP contribution in [0.4, 0.5) is 0 Å². The summed E-state index contributed by atoms with van der Waals surface area (Å²) in [5, 5.41) is 7.86. The molecule has 7 heteroatoms. The largest absolute Gasteiger partial charge is 0.354 e. The molecule has 3 amide bonds. The summed E-state index contributed by atoms with van der Waals surface area (Å²) in [6, 6.07) is -0.675. The first kappa shape index (κ1) is 17.8. The molecule has 0 aliphatic carbocycles. The van der Waals surface area contributed by atoms with Crippen LogP contribution in [0.5, 0.6) is 0 Å². The number of hydrogen-bond donors (Lipinski definition) is 4. The topological polar surface area (TPSA) is 87.3 Å². The number of carbonyl (C=O) groups excluding carboxylic acids is 3. The molecule has 0 saturated carbocycles. The summed E-state index contributed by atoms with van der Waals surface area (Å²) in [6.45, 7) is 7.22. The fourth-order valence-corrected chi connectivity index (χ4v) is 1.60. The minimum absolute atomic E-state index is 0.130. The molecule has 6 nitrogen and oxygen atoms in total. The van der Waals surface area contributed by atoms with Crippen LogP contribution >= 0.6 is 12.6 Å². The maximum Gasteiger partial charge on any atom is 0.243 e. The second kappa shape index (κ2) is 8.04. The Morgan fingerprint density at radius 1 is 1.21 bits per heavy atom. The van der Waals surface area contributed by atoms with Crippen molar-refractivity contribution in [3.8, 4) is 0 Å². The molecule has 1 atom stereocenters. The second-order valence-electron chi connectivity index (χ2n) is 5.27. The van der Waals surface area contributed by atoms with Crippen molar-refractivity contribution >= 4 is 30.4 Å². The Morgan fingerprint density at radius 2 is 1.79 bits per heavy atom. The quantitative estimate of drug-likeness (QED) is 0.513. The zero-order valence-corrected chi connectivity index (χ0v) is 12.8. The number of hydrogen-bond acceptors (Lipinski definition) is 4. The number of amides is 3. The monoisotopic (exact) mass is 289 g/mol. The molecule has 0 heterocycles. The molecule has 1 unspecified atom stereocenters. The lowest BCUT2D eigenvalue weighted by molar-refractivity contribution is -0.127. The molecule has 0 radical (unpaired) electrons. The number of nitrogens with one attached hydrogen (secondary N) is 3. The van der Waals surface area contributed by atoms with E-state index >= 15 is 0 Å². The summed E-state index contributed by atoms with van der Waals surface area (Å²) in [5.74, 6) is -0.553. The van der Waals surface area contributed by atoms with Gasteiger partial charge in [-0.05, 0) is 20.8 Å². The van der Waals surface area contributed by atoms with E-state index < -0.39 is 6.04 Å². The van der Waals surface area contributed by atoms with Crippen LogP contribution in [-0.4, -0.2) is 41.6 Å². The van der Waals surface area contributed by atoms with Gasteiger partial charge in [-0.2, -0.15) is 12.6 Å². The Bertz CT molecular complexity index is 340. The molecule has 19 heavy (non-hydrogen) atoms. The maximum absolute atomic E-state index is 11.7. The third kappa shape index (κ3) is 9.35. The third-order valence-electron chi connectivity index (χ3n) is 2.04. The fraction of sp³-hybridized carbons (Fsp3) is 0.750. The summed E-state index contributed by atoms with van der Waals surface area (Å²) in [4.78, 5) is 34.0. The van der Waals surface area contributed by atoms with E-state index in [4.69, 9.17) is 0 Å². The maximum atomic E-state index is 11.7. The number of thiol groups is 1. The summed E-state index contributed by atoms with van der Waals surface area (Å²) in [6.07, 6.45) is 0.197. The van der Waals surface area contributed by atoms with Crippen LogP contribution in [-0.2, 0) is 14.4 Å². The van der Waals surface area contributed by atoms with Crippen molar-refractivity contribution < 1.29 is 14.4 Å². The Kier molecular flexibility index (Phi) is 7.51. The molecule has 0 aromatic heterocycles. The van der Waals surface area contributed by atoms with Gasteiger partial charge in [0.2, 0.25) is 17.7 Å². The summed E-state index contributed by atoms with van der Waals surface area (Å²) >= 11 is 3.99. The molecule has 0 bridgehead atoms. The van der Waals surface area contributed by atoms with Crippen molar-refractivity contribution in [1.82, 2.24) is 16.0 Å². The third-order valence-corrected chi connectivity index (χ3v) is 2.41. The van der Waals surface area contributed by atoms with Crippen molar-refractivity contribution in [1.29, 1.82) is 0 Å². The zero-order valence-electron chi connectivity index (χ0n) is 11.9. The lowest BCUT2D eigenvalue weighted by atomic mass is 10.1. The summed E-state index contributed by atoms with van der Waals surface area (Å²) < 4.78 is 0. The molecule has 0 aliphatic rings. The lowest BCUT2D eigenvalue weighted by Gasteiger charge is -2.20. The van der Waals surface area contributed by atoms with Gasteiger partial charge in [0.25, 0.3) is 0 Å². The van der Waals surface area contributed by atoms with Crippen molar-refractivity contribution in [2.75, 3.05) is 12.3 Å². The molecule has 0 spiro atoms. The van der Waals surface area contributed by atoms with Crippen molar-refractivity contribution in [3.05, 3.63) is 0 Å². The van der Waals surface area contributed by atoms with Gasteiger partial charge >= 0.3 is 0 Å². The van der Waals surface area contributed by atoms with Gasteiger partial charge in [-0.15, -0.1) is 0 Å². The standard InChI is InChI=1S/C12H23N3O3S/c1-8(16)14-9(7-19)11(18)13-6-5-10(17)15-12(2,3)4/h9,19H,5-7H2,1-4H3,(H,13,18)(H,14,16)(H,15,17). The van der Waals surface area contributed by atoms with Crippen LogP contribution in [0, 0.1) is 0 Å². The van der Waals surface area contributed by atoms with Crippen LogP contribution in [0.1, 0.15) is 34.1 Å². The first-order chi connectivity index (χ1) is 8.65. The van der Waals surface area contributed by atoms with E-state index in [0.717, 1.165) is 0 Å². The van der Waals surface area contributed by atoms with Crippen LogP contribution in [0.2, 0.25) is 0 Å². The first-order valence-corrected chi connectivity index (χ1v) is 6.75. The van der Waals surface area contributed by atoms with E-state index in [9.17, 15) is 14.4 Å². The second-order valence-corrected chi connectivity index (χ2v) is 5.64. The van der Waals surface area contributed by atoms with E-state index in [0.29, 0.717) is 0 Å². The zero-order chi connectivity index (χ0) is 15.1. The number of rotatable bonds is 6. The predicted molar refractivity (Wildman–Crippen MR) is 77.0 cm³/mol. The van der Waals surface area contributed by atoms with Gasteiger partial charge in [0, 0.05) is 31.2 Å². The van der Waals surface area contributed by atoms with Crippen LogP contribution in [0.3, 0.4) is 0 Å². The van der Waals surface area contributed by atoms with Crippen LogP contribution in [0.15, 0.2) is 0 Å². The predicted octanol–water partition coefficient (Wildman–Crippen LogP) is -0.158. The Morgan fingerprint density at radius 3 is 2.21 bits per heavy atom. The molecule has 3 N–H and O–H groups in total. The van der Waals surface area contributed by atoms with Crippen molar-refractivity contribution in [2.45, 2.75) is 45.7 Å². The SMILES string of the molecule is CC(=O)NC(CS)C(=O)NCCC(=O)NC(C)(C)C. The minimum Gasteiger partial charge on any atom is -0.354 e. The first-order valence-electron chi connectivity index (χ1n) is 6.12. The average molecular weight is 289 g/mol. The number of carbonyl (C=O) groups is 3. The van der Waals surface area contributed by atoms with Gasteiger partial charge in [0.1, 0.15) is 6.04 Å². The molecule has 0 fully saturated rings. The molecular weight excluding hydrogens is 266 g/mol. The van der Waals surface area contributed by atoms with Gasteiger partial charge < -0.3 is 16.0 Å². The van der Waals surface area contributed by atoms with Crippen LogP contribution in [0.25, 0.3) is 0 Å². The molecule has 0 aromatic carbocycles. The molecule has 0 aliphatic heterocycles. The van der Waals surface area contributed by atoms with Gasteiger partial charge in [0.15, 0.2) is 0 Å². The highest BCUT2D eigenvalue weighted by Crippen LogP contribution is 1.98. The summed E-state index contributed by atoms with van der Waals surface area (Å²) in [5.41, 5.74) is -0.287. The highest BCUT2D eigenvalue weighted by Gasteiger charge is 2.18. The van der Waals surface area contributed by atoms with Crippen molar-refractivity contribution in [3.63, 3.8) is 0 Å².